The first kappa shape index (κ1) is 12.3. The number of carboxylic acid groups (broad SMARTS) is 1. The van der Waals surface area contributed by atoms with Crippen molar-refractivity contribution in [3.63, 3.8) is 0 Å². The summed E-state index contributed by atoms with van der Waals surface area (Å²) in [6.45, 7) is -0.304. The van der Waals surface area contributed by atoms with Crippen LogP contribution in [-0.2, 0) is 19.7 Å². The monoisotopic (exact) mass is 212 g/mol. The van der Waals surface area contributed by atoms with Gasteiger partial charge in [-0.25, -0.2) is 0 Å². The van der Waals surface area contributed by atoms with Crippen molar-refractivity contribution in [2.24, 2.45) is 0 Å². The van der Waals surface area contributed by atoms with E-state index in [4.69, 9.17) is 5.11 Å². The van der Waals surface area contributed by atoms with E-state index in [9.17, 15) is 13.2 Å². The molecule has 0 atom stereocenters. The molecule has 13 heavy (non-hydrogen) atoms. The number of methoxy groups -OCH3 is 1. The number of rotatable bonds is 7. The van der Waals surface area contributed by atoms with E-state index in [1.165, 1.54) is 7.11 Å². The van der Waals surface area contributed by atoms with Crippen molar-refractivity contribution in [1.29, 1.82) is 0 Å². The lowest BCUT2D eigenvalue weighted by Gasteiger charge is -2.05. The molecule has 0 saturated heterocycles. The van der Waals surface area contributed by atoms with Gasteiger partial charge in [-0.1, -0.05) is 0 Å². The Morgan fingerprint density at radius 3 is 2.54 bits per heavy atom. The molecule has 0 aromatic rings. The molecule has 0 heterocycles. The highest BCUT2D eigenvalue weighted by Gasteiger charge is 2.09. The zero-order valence-corrected chi connectivity index (χ0v) is 7.93. The van der Waals surface area contributed by atoms with Crippen LogP contribution in [0.1, 0.15) is 0 Å². The van der Waals surface area contributed by atoms with E-state index >= 15 is 0 Å². The van der Waals surface area contributed by atoms with Crippen LogP contribution in [0.15, 0.2) is 0 Å². The second kappa shape index (κ2) is 5.86. The molecule has 0 aliphatic rings. The Morgan fingerprint density at radius 2 is 2.08 bits per heavy atom. The third-order valence-corrected chi connectivity index (χ3v) is 2.12. The Balaban J connectivity index is 3.74. The maximum atomic E-state index is 10.9. The molecule has 3 N–H and O–H groups in total. The number of carboxylic acids is 1. The third kappa shape index (κ3) is 7.65. The molecule has 0 amide bonds. The van der Waals surface area contributed by atoms with E-state index in [0.717, 1.165) is 0 Å². The summed E-state index contributed by atoms with van der Waals surface area (Å²) in [6, 6.07) is 0. The summed E-state index contributed by atoms with van der Waals surface area (Å²) in [4.78, 5) is 10.00. The van der Waals surface area contributed by atoms with Gasteiger partial charge in [-0.2, -0.15) is 17.9 Å². The second-order valence-electron chi connectivity index (χ2n) is 2.11. The lowest BCUT2D eigenvalue weighted by Crippen LogP contribution is -2.40. The molecule has 0 aromatic heterocycles. The number of carbonyl (C=O) groups is 1. The summed E-state index contributed by atoms with van der Waals surface area (Å²) in [5.74, 6) is -1.24. The molecule has 0 rings (SSSR count). The van der Waals surface area contributed by atoms with Gasteiger partial charge < -0.3 is 9.84 Å². The molecule has 0 aromatic carbocycles. The molecule has 0 unspecified atom stereocenters. The van der Waals surface area contributed by atoms with Crippen LogP contribution in [0.3, 0.4) is 0 Å². The van der Waals surface area contributed by atoms with Gasteiger partial charge in [-0.15, -0.1) is 0 Å². The number of hydrogen-bond donors (Lipinski definition) is 3. The zero-order chi connectivity index (χ0) is 10.3. The molecule has 0 aliphatic carbocycles. The van der Waals surface area contributed by atoms with Crippen LogP contribution in [0.25, 0.3) is 0 Å². The first-order valence-electron chi connectivity index (χ1n) is 3.43. The molecule has 0 saturated carbocycles. The lowest BCUT2D eigenvalue weighted by molar-refractivity contribution is -0.135. The normalized spacial score (nSPS) is 11.5. The summed E-state index contributed by atoms with van der Waals surface area (Å²) in [6.07, 6.45) is 0. The van der Waals surface area contributed by atoms with Crippen molar-refractivity contribution in [3.8, 4) is 0 Å². The zero-order valence-electron chi connectivity index (χ0n) is 7.11. The average molecular weight is 212 g/mol. The summed E-state index contributed by atoms with van der Waals surface area (Å²) in [5, 5.41) is 8.17. The molecule has 0 radical (unpaired) electrons. The average Bonchev–Trinajstić information content (AvgIpc) is 2.02. The van der Waals surface area contributed by atoms with Gasteiger partial charge in [0.15, 0.2) is 0 Å². The Morgan fingerprint density at radius 1 is 1.46 bits per heavy atom. The molecule has 8 heteroatoms. The summed E-state index contributed by atoms with van der Waals surface area (Å²) < 4.78 is 30.2. The van der Waals surface area contributed by atoms with Gasteiger partial charge in [0.05, 0.1) is 6.61 Å². The van der Waals surface area contributed by atoms with Crippen molar-refractivity contribution in [2.75, 3.05) is 26.8 Å². The molecule has 7 nitrogen and oxygen atoms in total. The van der Waals surface area contributed by atoms with Crippen molar-refractivity contribution in [2.45, 2.75) is 0 Å². The van der Waals surface area contributed by atoms with Crippen molar-refractivity contribution in [3.05, 3.63) is 0 Å². The maximum Gasteiger partial charge on any atom is 0.318 e. The van der Waals surface area contributed by atoms with Crippen molar-refractivity contribution < 1.29 is 23.1 Å². The Bertz CT molecular complexity index is 250. The van der Waals surface area contributed by atoms with Gasteiger partial charge in [0.2, 0.25) is 0 Å². The molecule has 78 valence electrons. The SMILES string of the molecule is COCCNS(=O)(=O)NCC(=O)O. The quantitative estimate of drug-likeness (QED) is 0.429. The summed E-state index contributed by atoms with van der Waals surface area (Å²) >= 11 is 0. The van der Waals surface area contributed by atoms with Gasteiger partial charge in [0.25, 0.3) is 10.2 Å². The first-order valence-corrected chi connectivity index (χ1v) is 4.91. The smallest absolute Gasteiger partial charge is 0.318 e. The largest absolute Gasteiger partial charge is 0.480 e. The Kier molecular flexibility index (Phi) is 5.55. The standard InChI is InChI=1S/C5H12N2O5S/c1-12-3-2-6-13(10,11)7-4-5(8)9/h6-7H,2-4H2,1H3,(H,8,9). The van der Waals surface area contributed by atoms with E-state index in [1.807, 2.05) is 4.72 Å². The minimum Gasteiger partial charge on any atom is -0.480 e. The molecular weight excluding hydrogens is 200 g/mol. The van der Waals surface area contributed by atoms with Crippen LogP contribution in [0.4, 0.5) is 0 Å². The van der Waals surface area contributed by atoms with Crippen LogP contribution >= 0.6 is 0 Å². The van der Waals surface area contributed by atoms with E-state index in [1.54, 1.807) is 0 Å². The van der Waals surface area contributed by atoms with E-state index in [0.29, 0.717) is 0 Å². The van der Waals surface area contributed by atoms with E-state index < -0.39 is 22.7 Å². The van der Waals surface area contributed by atoms with Crippen LogP contribution in [0.5, 0.6) is 0 Å². The van der Waals surface area contributed by atoms with Gasteiger partial charge in [-0.3, -0.25) is 4.79 Å². The molecule has 0 bridgehead atoms. The Labute approximate surface area is 76.3 Å². The molecular formula is C5H12N2O5S. The molecule has 0 spiro atoms. The topological polar surface area (TPSA) is 105 Å². The number of nitrogens with one attached hydrogen (secondary N) is 2. The second-order valence-corrected chi connectivity index (χ2v) is 3.69. The van der Waals surface area contributed by atoms with Crippen molar-refractivity contribution >= 4 is 16.2 Å². The Hall–Kier alpha value is -0.700. The predicted octanol–water partition coefficient (Wildman–Crippen LogP) is -1.86. The lowest BCUT2D eigenvalue weighted by atomic mass is 10.7. The minimum absolute atomic E-state index is 0.103. The predicted molar refractivity (Wildman–Crippen MR) is 44.4 cm³/mol. The van der Waals surface area contributed by atoms with Crippen molar-refractivity contribution in [1.82, 2.24) is 9.44 Å². The minimum atomic E-state index is -3.71. The number of aliphatic carboxylic acids is 1. The fourth-order valence-electron chi connectivity index (χ4n) is 0.486. The van der Waals surface area contributed by atoms with Gasteiger partial charge in [0, 0.05) is 13.7 Å². The van der Waals surface area contributed by atoms with Gasteiger partial charge in [-0.05, 0) is 0 Å². The molecule has 0 aliphatic heterocycles. The highest BCUT2D eigenvalue weighted by Crippen LogP contribution is 1.75. The summed E-state index contributed by atoms with van der Waals surface area (Å²) in [5.41, 5.74) is 0. The fraction of sp³-hybridized carbons (Fsp3) is 0.800. The van der Waals surface area contributed by atoms with Crippen LogP contribution in [0.2, 0.25) is 0 Å². The third-order valence-electron chi connectivity index (χ3n) is 1.01. The highest BCUT2D eigenvalue weighted by atomic mass is 32.2. The van der Waals surface area contributed by atoms with E-state index in [-0.39, 0.29) is 13.2 Å². The fourth-order valence-corrected chi connectivity index (χ4v) is 1.25. The highest BCUT2D eigenvalue weighted by molar-refractivity contribution is 7.87. The van der Waals surface area contributed by atoms with Crippen LogP contribution in [0, 0.1) is 0 Å². The number of ether oxygens (including phenoxy) is 1. The van der Waals surface area contributed by atoms with Gasteiger partial charge in [0.1, 0.15) is 6.54 Å². The van der Waals surface area contributed by atoms with Crippen LogP contribution < -0.4 is 9.44 Å². The first-order chi connectivity index (χ1) is 5.98. The summed E-state index contributed by atoms with van der Waals surface area (Å²) in [7, 11) is -2.28. The molecule has 0 fully saturated rings. The van der Waals surface area contributed by atoms with Gasteiger partial charge >= 0.3 is 5.97 Å². The van der Waals surface area contributed by atoms with Crippen LogP contribution in [-0.4, -0.2) is 46.3 Å². The van der Waals surface area contributed by atoms with E-state index in [2.05, 4.69) is 9.46 Å². The number of hydrogen-bond acceptors (Lipinski definition) is 4. The maximum absolute atomic E-state index is 10.9.